The number of carbonyl (C=O) groups excluding carboxylic acids is 2. The third-order valence-electron chi connectivity index (χ3n) is 6.23. The maximum Gasteiger partial charge on any atom is 0.407 e. The number of rotatable bonds is 1. The number of nitrogens with zero attached hydrogens (tertiary/aromatic N) is 2. The SMILES string of the molecule is O=C1C(=O)c2ccc(N3CCOCC3)cc2C2=C1SCC1(CCN(C(=O)O)CC1)O2. The maximum atomic E-state index is 12.7. The van der Waals surface area contributed by atoms with Crippen LogP contribution in [0.3, 0.4) is 0 Å². The number of thioether (sulfide) groups is 1. The minimum absolute atomic E-state index is 0.372. The van der Waals surface area contributed by atoms with Crippen molar-refractivity contribution in [3.05, 3.63) is 34.2 Å². The summed E-state index contributed by atoms with van der Waals surface area (Å²) in [5.74, 6) is 0.00535. The summed E-state index contributed by atoms with van der Waals surface area (Å²) in [4.78, 5) is 40.6. The van der Waals surface area contributed by atoms with E-state index in [1.165, 1.54) is 16.7 Å². The molecule has 1 aromatic carbocycles. The van der Waals surface area contributed by atoms with E-state index in [1.807, 2.05) is 12.1 Å². The average molecular weight is 430 g/mol. The lowest BCUT2D eigenvalue weighted by molar-refractivity contribution is -0.111. The number of piperidine rings is 1. The highest BCUT2D eigenvalue weighted by Gasteiger charge is 2.46. The Morgan fingerprint density at radius 1 is 1.03 bits per heavy atom. The Bertz CT molecular complexity index is 960. The summed E-state index contributed by atoms with van der Waals surface area (Å²) in [6.07, 6.45) is 0.195. The summed E-state index contributed by atoms with van der Waals surface area (Å²) >= 11 is 1.36. The number of ether oxygens (including phenoxy) is 2. The number of ketones is 2. The Morgan fingerprint density at radius 3 is 2.47 bits per heavy atom. The van der Waals surface area contributed by atoms with Gasteiger partial charge in [0.15, 0.2) is 0 Å². The van der Waals surface area contributed by atoms with Gasteiger partial charge in [-0.15, -0.1) is 11.8 Å². The molecule has 1 spiro atoms. The summed E-state index contributed by atoms with van der Waals surface area (Å²) < 4.78 is 11.9. The minimum atomic E-state index is -0.924. The third kappa shape index (κ3) is 3.16. The number of anilines is 1. The highest BCUT2D eigenvalue weighted by atomic mass is 32.2. The molecule has 0 aromatic heterocycles. The number of amides is 1. The van der Waals surface area contributed by atoms with Crippen molar-refractivity contribution in [3.63, 3.8) is 0 Å². The number of morpholine rings is 1. The second-order valence-electron chi connectivity index (χ2n) is 7.99. The van der Waals surface area contributed by atoms with Crippen LogP contribution < -0.4 is 4.90 Å². The first kappa shape index (κ1) is 19.4. The Morgan fingerprint density at radius 2 is 1.77 bits per heavy atom. The molecule has 1 N–H and O–H groups in total. The number of allylic oxidation sites excluding steroid dienone is 1. The summed E-state index contributed by atoms with van der Waals surface area (Å²) in [6.45, 7) is 3.62. The van der Waals surface area contributed by atoms with Gasteiger partial charge in [-0.1, -0.05) is 0 Å². The normalized spacial score (nSPS) is 23.2. The number of benzene rings is 1. The second-order valence-corrected chi connectivity index (χ2v) is 8.97. The lowest BCUT2D eigenvalue weighted by atomic mass is 9.89. The molecule has 1 aliphatic carbocycles. The summed E-state index contributed by atoms with van der Waals surface area (Å²) in [5.41, 5.74) is 1.48. The first-order valence-electron chi connectivity index (χ1n) is 10.1. The van der Waals surface area contributed by atoms with Crippen molar-refractivity contribution in [2.24, 2.45) is 0 Å². The zero-order valence-corrected chi connectivity index (χ0v) is 17.2. The topological polar surface area (TPSA) is 96.4 Å². The largest absolute Gasteiger partial charge is 0.484 e. The van der Waals surface area contributed by atoms with E-state index in [0.717, 1.165) is 18.8 Å². The zero-order chi connectivity index (χ0) is 20.9. The smallest absolute Gasteiger partial charge is 0.407 e. The predicted octanol–water partition coefficient (Wildman–Crippen LogP) is 2.23. The lowest BCUT2D eigenvalue weighted by Gasteiger charge is -2.44. The van der Waals surface area contributed by atoms with Crippen LogP contribution in [0.1, 0.15) is 28.8 Å². The molecule has 1 amide bonds. The summed E-state index contributed by atoms with van der Waals surface area (Å²) in [7, 11) is 0. The van der Waals surface area contributed by atoms with Gasteiger partial charge in [-0.3, -0.25) is 9.59 Å². The third-order valence-corrected chi connectivity index (χ3v) is 7.56. The Labute approximate surface area is 177 Å². The van der Waals surface area contributed by atoms with E-state index in [1.54, 1.807) is 6.07 Å². The number of hydrogen-bond acceptors (Lipinski definition) is 7. The van der Waals surface area contributed by atoms with Gasteiger partial charge in [-0.25, -0.2) is 4.79 Å². The molecule has 3 heterocycles. The van der Waals surface area contributed by atoms with Gasteiger partial charge in [0.2, 0.25) is 11.6 Å². The number of hydrogen-bond donors (Lipinski definition) is 1. The number of Topliss-reactive ketones (excluding diaryl/α,β-unsaturated/α-hetero) is 2. The first-order valence-corrected chi connectivity index (χ1v) is 11.1. The molecular weight excluding hydrogens is 408 g/mol. The van der Waals surface area contributed by atoms with Crippen molar-refractivity contribution in [1.82, 2.24) is 4.90 Å². The van der Waals surface area contributed by atoms with E-state index < -0.39 is 23.3 Å². The van der Waals surface area contributed by atoms with E-state index in [4.69, 9.17) is 9.47 Å². The molecule has 8 nitrogen and oxygen atoms in total. The predicted molar refractivity (Wildman–Crippen MR) is 111 cm³/mol. The quantitative estimate of drug-likeness (QED) is 0.678. The van der Waals surface area contributed by atoms with Crippen molar-refractivity contribution in [2.45, 2.75) is 18.4 Å². The fourth-order valence-corrected chi connectivity index (χ4v) is 5.68. The number of carbonyl (C=O) groups is 3. The van der Waals surface area contributed by atoms with Crippen LogP contribution in [-0.4, -0.2) is 78.4 Å². The zero-order valence-electron chi connectivity index (χ0n) is 16.4. The van der Waals surface area contributed by atoms with Gasteiger partial charge in [0, 0.05) is 61.6 Å². The van der Waals surface area contributed by atoms with Crippen LogP contribution in [0.5, 0.6) is 0 Å². The van der Waals surface area contributed by atoms with Crippen LogP contribution in [0.15, 0.2) is 23.1 Å². The number of likely N-dealkylation sites (tertiary alicyclic amines) is 1. The van der Waals surface area contributed by atoms with Crippen LogP contribution in [0.25, 0.3) is 5.76 Å². The van der Waals surface area contributed by atoms with E-state index >= 15 is 0 Å². The van der Waals surface area contributed by atoms with E-state index in [-0.39, 0.29) is 0 Å². The molecular formula is C21H22N2O6S. The molecule has 2 saturated heterocycles. The molecule has 0 bridgehead atoms. The maximum absolute atomic E-state index is 12.7. The molecule has 4 aliphatic rings. The van der Waals surface area contributed by atoms with Crippen molar-refractivity contribution in [3.8, 4) is 0 Å². The lowest BCUT2D eigenvalue weighted by Crippen LogP contribution is -2.50. The summed E-state index contributed by atoms with van der Waals surface area (Å²) in [5, 5.41) is 9.24. The molecule has 2 fully saturated rings. The average Bonchev–Trinajstić information content (AvgIpc) is 2.78. The fraction of sp³-hybridized carbons (Fsp3) is 0.476. The fourth-order valence-electron chi connectivity index (χ4n) is 4.42. The van der Waals surface area contributed by atoms with Gasteiger partial charge in [0.1, 0.15) is 16.3 Å². The van der Waals surface area contributed by atoms with Gasteiger partial charge in [0.25, 0.3) is 0 Å². The van der Waals surface area contributed by atoms with Crippen LogP contribution >= 0.6 is 11.8 Å². The van der Waals surface area contributed by atoms with Crippen LogP contribution in [0.2, 0.25) is 0 Å². The molecule has 0 unspecified atom stereocenters. The highest BCUT2D eigenvalue weighted by molar-refractivity contribution is 8.04. The van der Waals surface area contributed by atoms with Gasteiger partial charge in [-0.2, -0.15) is 0 Å². The molecule has 5 rings (SSSR count). The van der Waals surface area contributed by atoms with Crippen LogP contribution in [-0.2, 0) is 14.3 Å². The van der Waals surface area contributed by atoms with Crippen molar-refractivity contribution in [1.29, 1.82) is 0 Å². The second kappa shape index (κ2) is 7.31. The van der Waals surface area contributed by atoms with Crippen LogP contribution in [0.4, 0.5) is 10.5 Å². The van der Waals surface area contributed by atoms with E-state index in [2.05, 4.69) is 4.90 Å². The van der Waals surface area contributed by atoms with Gasteiger partial charge < -0.3 is 24.4 Å². The Kier molecular flexibility index (Phi) is 4.74. The first-order chi connectivity index (χ1) is 14.5. The van der Waals surface area contributed by atoms with E-state index in [0.29, 0.717) is 66.7 Å². The summed E-state index contributed by atoms with van der Waals surface area (Å²) in [6, 6.07) is 5.52. The standard InChI is InChI=1S/C21H22N2O6S/c24-16-14-2-1-13(22-7-9-28-10-8-22)11-15(14)18-19(17(16)25)30-12-21(29-18)3-5-23(6-4-21)20(26)27/h1-2,11H,3-10,12H2,(H,26,27). The molecule has 158 valence electrons. The molecule has 0 radical (unpaired) electrons. The number of fused-ring (bicyclic) bond motifs is 2. The van der Waals surface area contributed by atoms with Gasteiger partial charge >= 0.3 is 6.09 Å². The molecule has 3 aliphatic heterocycles. The molecule has 9 heteroatoms. The molecule has 0 saturated carbocycles. The number of carboxylic acid groups (broad SMARTS) is 1. The Balaban J connectivity index is 1.49. The molecule has 1 aromatic rings. The highest BCUT2D eigenvalue weighted by Crippen LogP contribution is 2.47. The van der Waals surface area contributed by atoms with Crippen LogP contribution in [0, 0.1) is 0 Å². The van der Waals surface area contributed by atoms with Gasteiger partial charge in [0.05, 0.1) is 13.2 Å². The molecule has 30 heavy (non-hydrogen) atoms. The Hall–Kier alpha value is -2.52. The van der Waals surface area contributed by atoms with Crippen molar-refractivity contribution in [2.75, 3.05) is 50.0 Å². The van der Waals surface area contributed by atoms with E-state index in [9.17, 15) is 19.5 Å². The minimum Gasteiger partial charge on any atom is -0.484 e. The monoisotopic (exact) mass is 430 g/mol. The van der Waals surface area contributed by atoms with Crippen molar-refractivity contribution >= 4 is 40.9 Å². The molecule has 0 atom stereocenters. The van der Waals surface area contributed by atoms with Gasteiger partial charge in [-0.05, 0) is 18.2 Å². The van der Waals surface area contributed by atoms with Crippen molar-refractivity contribution < 1.29 is 29.0 Å².